The van der Waals surface area contributed by atoms with Gasteiger partial charge in [-0.2, -0.15) is 0 Å². The maximum absolute atomic E-state index is 13.6. The van der Waals surface area contributed by atoms with Gasteiger partial charge in [-0.05, 0) is 35.0 Å². The molecule has 1 amide bonds. The minimum atomic E-state index is -4.08. The van der Waals surface area contributed by atoms with Gasteiger partial charge >= 0.3 is 0 Å². The van der Waals surface area contributed by atoms with Gasteiger partial charge in [0.1, 0.15) is 0 Å². The number of sulfonamides is 1. The normalized spacial score (nSPS) is 11.4. The Balaban J connectivity index is 1.81. The molecule has 128 valence electrons. The molecule has 0 atom stereocenters. The number of fused-ring (bicyclic) bond motifs is 1. The highest BCUT2D eigenvalue weighted by Crippen LogP contribution is 2.18. The van der Waals surface area contributed by atoms with Crippen LogP contribution in [0.5, 0.6) is 0 Å². The van der Waals surface area contributed by atoms with Crippen LogP contribution in [0.3, 0.4) is 0 Å². The Bertz CT molecular complexity index is 1070. The summed E-state index contributed by atoms with van der Waals surface area (Å²) in [6.45, 7) is 0. The highest BCUT2D eigenvalue weighted by atomic mass is 32.2. The van der Waals surface area contributed by atoms with Crippen LogP contribution in [0.15, 0.2) is 65.6 Å². The summed E-state index contributed by atoms with van der Waals surface area (Å²) < 4.78 is 51.2. The minimum Gasteiger partial charge on any atom is -0.273 e. The van der Waals surface area contributed by atoms with Crippen LogP contribution in [0, 0.1) is 11.6 Å². The molecule has 0 bridgehead atoms. The van der Waals surface area contributed by atoms with Crippen LogP contribution < -0.4 is 10.3 Å². The van der Waals surface area contributed by atoms with Crippen molar-refractivity contribution in [3.63, 3.8) is 0 Å². The quantitative estimate of drug-likeness (QED) is 0.701. The van der Waals surface area contributed by atoms with Gasteiger partial charge in [-0.3, -0.25) is 10.2 Å². The second kappa shape index (κ2) is 6.58. The first-order chi connectivity index (χ1) is 11.9. The van der Waals surface area contributed by atoms with E-state index in [4.69, 9.17) is 0 Å². The molecule has 2 N–H and O–H groups in total. The molecule has 0 aliphatic rings. The molecule has 3 rings (SSSR count). The van der Waals surface area contributed by atoms with Crippen molar-refractivity contribution in [3.8, 4) is 0 Å². The standard InChI is InChI=1S/C17H12F2N2O3S/c18-15-7-3-6-14(16(15)19)17(22)20-21-25(23,24)13-9-8-11-4-1-2-5-12(11)10-13/h1-10,21H,(H,20,22). The predicted molar refractivity (Wildman–Crippen MR) is 88.1 cm³/mol. The average molecular weight is 362 g/mol. The van der Waals surface area contributed by atoms with E-state index in [0.29, 0.717) is 5.39 Å². The van der Waals surface area contributed by atoms with E-state index < -0.39 is 33.1 Å². The maximum atomic E-state index is 13.6. The van der Waals surface area contributed by atoms with E-state index in [0.717, 1.165) is 23.6 Å². The maximum Gasteiger partial charge on any atom is 0.269 e. The van der Waals surface area contributed by atoms with E-state index in [2.05, 4.69) is 0 Å². The lowest BCUT2D eigenvalue weighted by Crippen LogP contribution is -2.41. The topological polar surface area (TPSA) is 75.3 Å². The number of benzene rings is 3. The zero-order valence-electron chi connectivity index (χ0n) is 12.7. The Morgan fingerprint density at radius 1 is 0.880 bits per heavy atom. The summed E-state index contributed by atoms with van der Waals surface area (Å²) in [5.41, 5.74) is 1.26. The van der Waals surface area contributed by atoms with E-state index in [9.17, 15) is 22.0 Å². The highest BCUT2D eigenvalue weighted by Gasteiger charge is 2.19. The Kier molecular flexibility index (Phi) is 4.47. The number of hydrogen-bond acceptors (Lipinski definition) is 3. The molecule has 0 aromatic heterocycles. The fraction of sp³-hybridized carbons (Fsp3) is 0. The van der Waals surface area contributed by atoms with E-state index in [1.54, 1.807) is 18.2 Å². The second-order valence-corrected chi connectivity index (χ2v) is 6.85. The van der Waals surface area contributed by atoms with Gasteiger partial charge in [0.2, 0.25) is 0 Å². The lowest BCUT2D eigenvalue weighted by atomic mass is 10.1. The van der Waals surface area contributed by atoms with Crippen molar-refractivity contribution in [3.05, 3.63) is 77.9 Å². The van der Waals surface area contributed by atoms with E-state index >= 15 is 0 Å². The molecule has 0 radical (unpaired) electrons. The lowest BCUT2D eigenvalue weighted by Gasteiger charge is -2.10. The number of carbonyl (C=O) groups is 1. The van der Waals surface area contributed by atoms with Gasteiger partial charge in [-0.1, -0.05) is 36.4 Å². The molecular weight excluding hydrogens is 350 g/mol. The third kappa shape index (κ3) is 3.49. The van der Waals surface area contributed by atoms with Crippen LogP contribution >= 0.6 is 0 Å². The van der Waals surface area contributed by atoms with Crippen LogP contribution in [0.1, 0.15) is 10.4 Å². The molecular formula is C17H12F2N2O3S. The number of carbonyl (C=O) groups excluding carboxylic acids is 1. The Hall–Kier alpha value is -2.84. The van der Waals surface area contributed by atoms with Gasteiger partial charge < -0.3 is 0 Å². The van der Waals surface area contributed by atoms with Gasteiger partial charge in [0.15, 0.2) is 11.6 Å². The number of nitrogens with one attached hydrogen (secondary N) is 2. The van der Waals surface area contributed by atoms with Gasteiger partial charge in [0, 0.05) is 0 Å². The van der Waals surface area contributed by atoms with Gasteiger partial charge in [-0.25, -0.2) is 17.2 Å². The van der Waals surface area contributed by atoms with Gasteiger partial charge in [-0.15, -0.1) is 4.83 Å². The van der Waals surface area contributed by atoms with E-state index in [-0.39, 0.29) is 4.90 Å². The smallest absolute Gasteiger partial charge is 0.269 e. The van der Waals surface area contributed by atoms with Crippen molar-refractivity contribution >= 4 is 26.7 Å². The summed E-state index contributed by atoms with van der Waals surface area (Å²) in [5, 5.41) is 1.56. The SMILES string of the molecule is O=C(NNS(=O)(=O)c1ccc2ccccc2c1)c1cccc(F)c1F. The van der Waals surface area contributed by atoms with E-state index in [1.165, 1.54) is 12.1 Å². The second-order valence-electron chi connectivity index (χ2n) is 5.17. The monoisotopic (exact) mass is 362 g/mol. The lowest BCUT2D eigenvalue weighted by molar-refractivity contribution is 0.0940. The highest BCUT2D eigenvalue weighted by molar-refractivity contribution is 7.89. The fourth-order valence-corrected chi connectivity index (χ4v) is 3.13. The van der Waals surface area contributed by atoms with Crippen molar-refractivity contribution in [2.45, 2.75) is 4.90 Å². The van der Waals surface area contributed by atoms with Crippen molar-refractivity contribution in [2.75, 3.05) is 0 Å². The molecule has 5 nitrogen and oxygen atoms in total. The minimum absolute atomic E-state index is 0.0776. The molecule has 3 aromatic carbocycles. The number of halogens is 2. The molecule has 0 heterocycles. The summed E-state index contributed by atoms with van der Waals surface area (Å²) in [6, 6.07) is 14.6. The van der Waals surface area contributed by atoms with Gasteiger partial charge in [0.05, 0.1) is 10.5 Å². The third-order valence-electron chi connectivity index (χ3n) is 3.53. The summed E-state index contributed by atoms with van der Waals surface area (Å²) >= 11 is 0. The van der Waals surface area contributed by atoms with Crippen LogP contribution in [0.2, 0.25) is 0 Å². The number of hydrazine groups is 1. The van der Waals surface area contributed by atoms with Crippen LogP contribution in [0.25, 0.3) is 10.8 Å². The summed E-state index contributed by atoms with van der Waals surface area (Å²) in [7, 11) is -4.08. The predicted octanol–water partition coefficient (Wildman–Crippen LogP) is 2.74. The first-order valence-corrected chi connectivity index (χ1v) is 8.62. The zero-order valence-corrected chi connectivity index (χ0v) is 13.5. The molecule has 0 saturated heterocycles. The molecule has 0 saturated carbocycles. The molecule has 0 spiro atoms. The Labute approximate surface area is 142 Å². The molecule has 0 fully saturated rings. The molecule has 0 aliphatic heterocycles. The van der Waals surface area contributed by atoms with Gasteiger partial charge in [0.25, 0.3) is 15.9 Å². The Morgan fingerprint density at radius 2 is 1.60 bits per heavy atom. The van der Waals surface area contributed by atoms with Crippen LogP contribution in [-0.2, 0) is 10.0 Å². The molecule has 0 aliphatic carbocycles. The van der Waals surface area contributed by atoms with Crippen molar-refractivity contribution in [1.29, 1.82) is 0 Å². The summed E-state index contributed by atoms with van der Waals surface area (Å²) in [6.07, 6.45) is 0. The van der Waals surface area contributed by atoms with Crippen molar-refractivity contribution < 1.29 is 22.0 Å². The Morgan fingerprint density at radius 3 is 2.36 bits per heavy atom. The number of hydrogen-bond donors (Lipinski definition) is 2. The zero-order chi connectivity index (χ0) is 18.0. The van der Waals surface area contributed by atoms with Crippen molar-refractivity contribution in [1.82, 2.24) is 10.3 Å². The van der Waals surface area contributed by atoms with Crippen LogP contribution in [-0.4, -0.2) is 14.3 Å². The first-order valence-electron chi connectivity index (χ1n) is 7.13. The third-order valence-corrected chi connectivity index (χ3v) is 4.77. The number of rotatable bonds is 4. The van der Waals surface area contributed by atoms with E-state index in [1.807, 2.05) is 22.4 Å². The molecule has 8 heteroatoms. The summed E-state index contributed by atoms with van der Waals surface area (Å²) in [4.78, 5) is 13.7. The molecule has 3 aromatic rings. The largest absolute Gasteiger partial charge is 0.273 e. The fourth-order valence-electron chi connectivity index (χ4n) is 2.25. The summed E-state index contributed by atoms with van der Waals surface area (Å²) in [5.74, 6) is -3.67. The van der Waals surface area contributed by atoms with Crippen LogP contribution in [0.4, 0.5) is 8.78 Å². The number of amides is 1. The molecule has 0 unspecified atom stereocenters. The van der Waals surface area contributed by atoms with Crippen molar-refractivity contribution in [2.24, 2.45) is 0 Å². The average Bonchev–Trinajstić information content (AvgIpc) is 2.61. The molecule has 25 heavy (non-hydrogen) atoms. The first kappa shape index (κ1) is 17.0.